The van der Waals surface area contributed by atoms with E-state index in [2.05, 4.69) is 43.3 Å². The summed E-state index contributed by atoms with van der Waals surface area (Å²) >= 11 is 0. The summed E-state index contributed by atoms with van der Waals surface area (Å²) in [5, 5.41) is 0. The molecule has 1 saturated carbocycles. The second-order valence-corrected chi connectivity index (χ2v) is 6.37. The molecule has 1 aliphatic rings. The Kier molecular flexibility index (Phi) is 4.28. The lowest BCUT2D eigenvalue weighted by atomic mass is 9.77. The van der Waals surface area contributed by atoms with Gasteiger partial charge in [0.1, 0.15) is 0 Å². The van der Waals surface area contributed by atoms with Gasteiger partial charge in [0, 0.05) is 5.69 Å². The number of rotatable bonds is 3. The summed E-state index contributed by atoms with van der Waals surface area (Å²) in [7, 11) is 0. The highest BCUT2D eigenvalue weighted by atomic mass is 14.5. The fraction of sp³-hybridized carbons (Fsp3) is 0.400. The van der Waals surface area contributed by atoms with E-state index in [-0.39, 0.29) is 0 Å². The van der Waals surface area contributed by atoms with Crippen molar-refractivity contribution in [1.29, 1.82) is 0 Å². The van der Waals surface area contributed by atoms with Crippen LogP contribution in [0.15, 0.2) is 48.5 Å². The average molecular weight is 279 g/mol. The van der Waals surface area contributed by atoms with Crippen LogP contribution in [0.3, 0.4) is 0 Å². The van der Waals surface area contributed by atoms with Crippen LogP contribution in [0.5, 0.6) is 0 Å². The summed E-state index contributed by atoms with van der Waals surface area (Å²) in [6.45, 7) is 2.33. The molecular weight excluding hydrogens is 254 g/mol. The first kappa shape index (κ1) is 14.2. The van der Waals surface area contributed by atoms with E-state index in [1.165, 1.54) is 48.8 Å². The lowest BCUT2D eigenvalue weighted by Crippen LogP contribution is -2.12. The fourth-order valence-electron chi connectivity index (χ4n) is 3.53. The highest BCUT2D eigenvalue weighted by Crippen LogP contribution is 2.37. The Morgan fingerprint density at radius 2 is 1.33 bits per heavy atom. The fourth-order valence-corrected chi connectivity index (χ4v) is 3.53. The second kappa shape index (κ2) is 6.34. The minimum Gasteiger partial charge on any atom is -0.399 e. The zero-order chi connectivity index (χ0) is 14.7. The number of hydrogen-bond acceptors (Lipinski definition) is 1. The zero-order valence-corrected chi connectivity index (χ0v) is 12.9. The second-order valence-electron chi connectivity index (χ2n) is 6.37. The summed E-state index contributed by atoms with van der Waals surface area (Å²) in [6.07, 6.45) is 6.88. The predicted octanol–water partition coefficient (Wildman–Crippen LogP) is 5.62. The lowest BCUT2D eigenvalue weighted by Gasteiger charge is -2.28. The quantitative estimate of drug-likeness (QED) is 0.725. The van der Waals surface area contributed by atoms with Gasteiger partial charge in [-0.15, -0.1) is 0 Å². The van der Waals surface area contributed by atoms with Crippen molar-refractivity contribution in [2.45, 2.75) is 44.9 Å². The SMILES string of the molecule is CCC1CCC(c2ccc(-c3ccc(N)cc3)cc2)CC1. The number of nitrogens with two attached hydrogens (primary N) is 1. The molecule has 0 atom stereocenters. The molecule has 1 heteroatoms. The van der Waals surface area contributed by atoms with Gasteiger partial charge >= 0.3 is 0 Å². The Labute approximate surface area is 128 Å². The Morgan fingerprint density at radius 1 is 0.810 bits per heavy atom. The van der Waals surface area contributed by atoms with E-state index < -0.39 is 0 Å². The molecule has 3 rings (SSSR count). The molecule has 0 aromatic heterocycles. The highest BCUT2D eigenvalue weighted by molar-refractivity contribution is 5.65. The van der Waals surface area contributed by atoms with Gasteiger partial charge in [-0.25, -0.2) is 0 Å². The molecule has 2 aromatic carbocycles. The van der Waals surface area contributed by atoms with Crippen molar-refractivity contribution in [2.24, 2.45) is 5.92 Å². The third-order valence-corrected chi connectivity index (χ3v) is 5.05. The van der Waals surface area contributed by atoms with Crippen LogP contribution in [0.25, 0.3) is 11.1 Å². The molecule has 110 valence electrons. The summed E-state index contributed by atoms with van der Waals surface area (Å²) in [5.74, 6) is 1.74. The van der Waals surface area contributed by atoms with E-state index in [4.69, 9.17) is 5.73 Å². The molecule has 0 spiro atoms. The normalized spacial score (nSPS) is 22.1. The van der Waals surface area contributed by atoms with Crippen LogP contribution in [0.4, 0.5) is 5.69 Å². The Hall–Kier alpha value is -1.76. The van der Waals surface area contributed by atoms with Crippen LogP contribution >= 0.6 is 0 Å². The average Bonchev–Trinajstić information content (AvgIpc) is 2.56. The molecule has 1 aliphatic carbocycles. The van der Waals surface area contributed by atoms with Crippen LogP contribution in [-0.4, -0.2) is 0 Å². The lowest BCUT2D eigenvalue weighted by molar-refractivity contribution is 0.319. The van der Waals surface area contributed by atoms with Crippen molar-refractivity contribution < 1.29 is 0 Å². The molecule has 0 saturated heterocycles. The number of nitrogen functional groups attached to an aromatic ring is 1. The van der Waals surface area contributed by atoms with Crippen LogP contribution < -0.4 is 5.73 Å². The first-order chi connectivity index (χ1) is 10.3. The highest BCUT2D eigenvalue weighted by Gasteiger charge is 2.21. The van der Waals surface area contributed by atoms with E-state index in [0.717, 1.165) is 17.5 Å². The third-order valence-electron chi connectivity index (χ3n) is 5.05. The standard InChI is InChI=1S/C20H25N/c1-2-15-3-5-16(6-4-15)17-7-9-18(10-8-17)19-11-13-20(21)14-12-19/h7-16H,2-6,21H2,1H3. The number of anilines is 1. The van der Waals surface area contributed by atoms with Gasteiger partial charge in [0.25, 0.3) is 0 Å². The van der Waals surface area contributed by atoms with Crippen LogP contribution in [0.2, 0.25) is 0 Å². The Morgan fingerprint density at radius 3 is 1.86 bits per heavy atom. The smallest absolute Gasteiger partial charge is 0.0314 e. The van der Waals surface area contributed by atoms with Gasteiger partial charge in [-0.3, -0.25) is 0 Å². The molecule has 0 unspecified atom stereocenters. The molecular formula is C20H25N. The predicted molar refractivity (Wildman–Crippen MR) is 91.3 cm³/mol. The van der Waals surface area contributed by atoms with Crippen molar-refractivity contribution in [2.75, 3.05) is 5.73 Å². The van der Waals surface area contributed by atoms with Gasteiger partial charge in [-0.1, -0.05) is 49.7 Å². The first-order valence-corrected chi connectivity index (χ1v) is 8.22. The van der Waals surface area contributed by atoms with Gasteiger partial charge in [0.15, 0.2) is 0 Å². The minimum atomic E-state index is 0.772. The van der Waals surface area contributed by atoms with Crippen molar-refractivity contribution in [1.82, 2.24) is 0 Å². The molecule has 0 amide bonds. The molecule has 1 nitrogen and oxygen atoms in total. The summed E-state index contributed by atoms with van der Waals surface area (Å²) < 4.78 is 0. The van der Waals surface area contributed by atoms with Crippen LogP contribution in [0, 0.1) is 5.92 Å². The molecule has 0 radical (unpaired) electrons. The largest absolute Gasteiger partial charge is 0.399 e. The third kappa shape index (κ3) is 3.29. The molecule has 0 bridgehead atoms. The van der Waals surface area contributed by atoms with Crippen molar-refractivity contribution in [3.05, 3.63) is 54.1 Å². The van der Waals surface area contributed by atoms with E-state index in [1.54, 1.807) is 0 Å². The molecule has 2 aromatic rings. The Balaban J connectivity index is 1.71. The summed E-state index contributed by atoms with van der Waals surface area (Å²) in [4.78, 5) is 0. The maximum absolute atomic E-state index is 5.75. The summed E-state index contributed by atoms with van der Waals surface area (Å²) in [6, 6.07) is 17.3. The van der Waals surface area contributed by atoms with Gasteiger partial charge in [0.05, 0.1) is 0 Å². The van der Waals surface area contributed by atoms with Gasteiger partial charge < -0.3 is 5.73 Å². The Bertz CT molecular complexity index is 560. The van der Waals surface area contributed by atoms with Crippen molar-refractivity contribution in [3.8, 4) is 11.1 Å². The van der Waals surface area contributed by atoms with Crippen molar-refractivity contribution in [3.63, 3.8) is 0 Å². The monoisotopic (exact) mass is 279 g/mol. The van der Waals surface area contributed by atoms with Crippen LogP contribution in [0.1, 0.15) is 50.5 Å². The van der Waals surface area contributed by atoms with Crippen LogP contribution in [-0.2, 0) is 0 Å². The maximum atomic E-state index is 5.75. The molecule has 0 heterocycles. The molecule has 0 aliphatic heterocycles. The topological polar surface area (TPSA) is 26.0 Å². The number of benzene rings is 2. The van der Waals surface area contributed by atoms with Gasteiger partial charge in [-0.05, 0) is 66.3 Å². The molecule has 21 heavy (non-hydrogen) atoms. The summed E-state index contributed by atoms with van der Waals surface area (Å²) in [5.41, 5.74) is 10.6. The van der Waals surface area contributed by atoms with E-state index in [9.17, 15) is 0 Å². The minimum absolute atomic E-state index is 0.772. The maximum Gasteiger partial charge on any atom is 0.0314 e. The van der Waals surface area contributed by atoms with E-state index >= 15 is 0 Å². The van der Waals surface area contributed by atoms with Gasteiger partial charge in [0.2, 0.25) is 0 Å². The molecule has 1 fully saturated rings. The first-order valence-electron chi connectivity index (χ1n) is 8.22. The number of hydrogen-bond donors (Lipinski definition) is 1. The zero-order valence-electron chi connectivity index (χ0n) is 12.9. The van der Waals surface area contributed by atoms with Gasteiger partial charge in [-0.2, -0.15) is 0 Å². The van der Waals surface area contributed by atoms with Crippen molar-refractivity contribution >= 4 is 5.69 Å². The molecule has 2 N–H and O–H groups in total. The van der Waals surface area contributed by atoms with E-state index in [0.29, 0.717) is 0 Å². The van der Waals surface area contributed by atoms with E-state index in [1.807, 2.05) is 12.1 Å².